The first-order chi connectivity index (χ1) is 9.54. The Balaban J connectivity index is 1.94. The summed E-state index contributed by atoms with van der Waals surface area (Å²) in [5.74, 6) is -0.301. The molecule has 0 unspecified atom stereocenters. The van der Waals surface area contributed by atoms with Crippen LogP contribution >= 0.6 is 0 Å². The van der Waals surface area contributed by atoms with Gasteiger partial charge in [0.05, 0.1) is 6.42 Å². The average Bonchev–Trinajstić information content (AvgIpc) is 2.44. The molecule has 3 nitrogen and oxygen atoms in total. The van der Waals surface area contributed by atoms with E-state index in [-0.39, 0.29) is 18.1 Å². The van der Waals surface area contributed by atoms with Crippen LogP contribution in [0, 0.1) is 5.82 Å². The van der Waals surface area contributed by atoms with Crippen molar-refractivity contribution in [3.8, 4) is 0 Å². The van der Waals surface area contributed by atoms with Crippen molar-refractivity contribution in [1.82, 2.24) is 4.90 Å². The van der Waals surface area contributed by atoms with Crippen LogP contribution in [0.3, 0.4) is 0 Å². The minimum absolute atomic E-state index is 0.00608. The van der Waals surface area contributed by atoms with Gasteiger partial charge in [0, 0.05) is 19.3 Å². The molecule has 0 bridgehead atoms. The van der Waals surface area contributed by atoms with Crippen molar-refractivity contribution < 1.29 is 9.18 Å². The molecule has 2 aromatic carbocycles. The number of rotatable bonds is 4. The van der Waals surface area contributed by atoms with Crippen LogP contribution in [0.25, 0.3) is 0 Å². The van der Waals surface area contributed by atoms with E-state index in [1.54, 1.807) is 24.1 Å². The van der Waals surface area contributed by atoms with Crippen LogP contribution in [0.1, 0.15) is 11.1 Å². The van der Waals surface area contributed by atoms with Gasteiger partial charge in [-0.15, -0.1) is 0 Å². The van der Waals surface area contributed by atoms with E-state index in [9.17, 15) is 9.18 Å². The first kappa shape index (κ1) is 14.1. The molecule has 0 aliphatic rings. The minimum Gasteiger partial charge on any atom is -0.399 e. The Bertz CT molecular complexity index is 578. The lowest BCUT2D eigenvalue weighted by molar-refractivity contribution is -0.129. The zero-order valence-electron chi connectivity index (χ0n) is 11.3. The standard InChI is InChI=1S/C16H17FN2O/c1-19(11-13-4-8-15(18)9-5-13)16(20)10-12-2-6-14(17)7-3-12/h2-9H,10-11,18H2,1H3. The van der Waals surface area contributed by atoms with Crippen LogP contribution in [-0.4, -0.2) is 17.9 Å². The van der Waals surface area contributed by atoms with E-state index in [2.05, 4.69) is 0 Å². The summed E-state index contributed by atoms with van der Waals surface area (Å²) >= 11 is 0. The van der Waals surface area contributed by atoms with Gasteiger partial charge >= 0.3 is 0 Å². The Kier molecular flexibility index (Phi) is 4.35. The summed E-state index contributed by atoms with van der Waals surface area (Å²) in [4.78, 5) is 13.7. The number of hydrogen-bond acceptors (Lipinski definition) is 2. The molecular formula is C16H17FN2O. The van der Waals surface area contributed by atoms with Crippen molar-refractivity contribution in [1.29, 1.82) is 0 Å². The largest absolute Gasteiger partial charge is 0.399 e. The van der Waals surface area contributed by atoms with Gasteiger partial charge in [-0.3, -0.25) is 4.79 Å². The van der Waals surface area contributed by atoms with Crippen LogP contribution in [-0.2, 0) is 17.8 Å². The first-order valence-electron chi connectivity index (χ1n) is 6.37. The van der Waals surface area contributed by atoms with Gasteiger partial charge in [0.1, 0.15) is 5.82 Å². The first-order valence-corrected chi connectivity index (χ1v) is 6.37. The number of amides is 1. The van der Waals surface area contributed by atoms with Gasteiger partial charge in [-0.25, -0.2) is 4.39 Å². The van der Waals surface area contributed by atoms with E-state index in [1.807, 2.05) is 24.3 Å². The Hall–Kier alpha value is -2.36. The molecular weight excluding hydrogens is 255 g/mol. The fraction of sp³-hybridized carbons (Fsp3) is 0.188. The molecule has 0 spiro atoms. The predicted octanol–water partition coefficient (Wildman–Crippen LogP) is 2.61. The van der Waals surface area contributed by atoms with Crippen molar-refractivity contribution in [2.24, 2.45) is 0 Å². The normalized spacial score (nSPS) is 10.3. The summed E-state index contributed by atoms with van der Waals surface area (Å²) in [5, 5.41) is 0. The van der Waals surface area contributed by atoms with Gasteiger partial charge in [0.25, 0.3) is 0 Å². The number of anilines is 1. The topological polar surface area (TPSA) is 46.3 Å². The molecule has 0 fully saturated rings. The van der Waals surface area contributed by atoms with Gasteiger partial charge < -0.3 is 10.6 Å². The lowest BCUT2D eigenvalue weighted by Gasteiger charge is -2.17. The van der Waals surface area contributed by atoms with Gasteiger partial charge in [-0.1, -0.05) is 24.3 Å². The number of nitrogens with zero attached hydrogens (tertiary/aromatic N) is 1. The maximum absolute atomic E-state index is 12.8. The summed E-state index contributed by atoms with van der Waals surface area (Å²) in [6.45, 7) is 0.528. The van der Waals surface area contributed by atoms with Crippen LogP contribution in [0.2, 0.25) is 0 Å². The second kappa shape index (κ2) is 6.19. The molecule has 1 amide bonds. The van der Waals surface area contributed by atoms with Crippen LogP contribution in [0.4, 0.5) is 10.1 Å². The summed E-state index contributed by atoms with van der Waals surface area (Å²) < 4.78 is 12.8. The monoisotopic (exact) mass is 272 g/mol. The summed E-state index contributed by atoms with van der Waals surface area (Å²) in [7, 11) is 1.75. The lowest BCUT2D eigenvalue weighted by atomic mass is 10.1. The number of carbonyl (C=O) groups is 1. The van der Waals surface area contributed by atoms with Crippen molar-refractivity contribution >= 4 is 11.6 Å². The molecule has 0 saturated carbocycles. The third-order valence-corrected chi connectivity index (χ3v) is 3.09. The number of nitrogen functional groups attached to an aromatic ring is 1. The third kappa shape index (κ3) is 3.82. The highest BCUT2D eigenvalue weighted by Gasteiger charge is 2.10. The molecule has 20 heavy (non-hydrogen) atoms. The van der Waals surface area contributed by atoms with E-state index in [1.165, 1.54) is 12.1 Å². The second-order valence-electron chi connectivity index (χ2n) is 4.79. The second-order valence-corrected chi connectivity index (χ2v) is 4.79. The number of halogens is 1. The van der Waals surface area contributed by atoms with E-state index < -0.39 is 0 Å². The highest BCUT2D eigenvalue weighted by molar-refractivity contribution is 5.78. The van der Waals surface area contributed by atoms with Gasteiger partial charge in [-0.05, 0) is 35.4 Å². The van der Waals surface area contributed by atoms with Crippen LogP contribution in [0.15, 0.2) is 48.5 Å². The van der Waals surface area contributed by atoms with Gasteiger partial charge in [0.2, 0.25) is 5.91 Å². The van der Waals surface area contributed by atoms with Crippen molar-refractivity contribution in [3.63, 3.8) is 0 Å². The molecule has 2 rings (SSSR count). The molecule has 0 heterocycles. The third-order valence-electron chi connectivity index (χ3n) is 3.09. The summed E-state index contributed by atoms with van der Waals surface area (Å²) in [6, 6.07) is 13.4. The number of hydrogen-bond donors (Lipinski definition) is 1. The zero-order chi connectivity index (χ0) is 14.5. The molecule has 0 aliphatic carbocycles. The number of carbonyl (C=O) groups excluding carboxylic acids is 1. The summed E-state index contributed by atoms with van der Waals surface area (Å²) in [6.07, 6.45) is 0.270. The molecule has 0 atom stereocenters. The number of benzene rings is 2. The molecule has 0 radical (unpaired) electrons. The van der Waals surface area contributed by atoms with Crippen molar-refractivity contribution in [2.75, 3.05) is 12.8 Å². The molecule has 2 N–H and O–H groups in total. The maximum atomic E-state index is 12.8. The zero-order valence-corrected chi connectivity index (χ0v) is 11.3. The number of likely N-dealkylation sites (N-methyl/N-ethyl adjacent to an activating group) is 1. The van der Waals surface area contributed by atoms with E-state index in [0.717, 1.165) is 11.1 Å². The molecule has 0 aromatic heterocycles. The fourth-order valence-electron chi connectivity index (χ4n) is 1.90. The quantitative estimate of drug-likeness (QED) is 0.870. The molecule has 104 valence electrons. The highest BCUT2D eigenvalue weighted by Crippen LogP contribution is 2.10. The van der Waals surface area contributed by atoms with Crippen molar-refractivity contribution in [3.05, 3.63) is 65.5 Å². The van der Waals surface area contributed by atoms with E-state index >= 15 is 0 Å². The van der Waals surface area contributed by atoms with Crippen molar-refractivity contribution in [2.45, 2.75) is 13.0 Å². The Morgan fingerprint density at radius 2 is 1.60 bits per heavy atom. The van der Waals surface area contributed by atoms with E-state index in [4.69, 9.17) is 5.73 Å². The predicted molar refractivity (Wildman–Crippen MR) is 77.4 cm³/mol. The van der Waals surface area contributed by atoms with E-state index in [0.29, 0.717) is 12.2 Å². The minimum atomic E-state index is -0.295. The van der Waals surface area contributed by atoms with Gasteiger partial charge in [-0.2, -0.15) is 0 Å². The Labute approximate surface area is 117 Å². The van der Waals surface area contributed by atoms with Crippen LogP contribution < -0.4 is 5.73 Å². The molecule has 2 aromatic rings. The van der Waals surface area contributed by atoms with Crippen LogP contribution in [0.5, 0.6) is 0 Å². The molecule has 0 saturated heterocycles. The highest BCUT2D eigenvalue weighted by atomic mass is 19.1. The average molecular weight is 272 g/mol. The molecule has 4 heteroatoms. The fourth-order valence-corrected chi connectivity index (χ4v) is 1.90. The van der Waals surface area contributed by atoms with Gasteiger partial charge in [0.15, 0.2) is 0 Å². The lowest BCUT2D eigenvalue weighted by Crippen LogP contribution is -2.27. The smallest absolute Gasteiger partial charge is 0.227 e. The Morgan fingerprint density at radius 1 is 1.05 bits per heavy atom. The Morgan fingerprint density at radius 3 is 2.20 bits per heavy atom. The summed E-state index contributed by atoms with van der Waals surface area (Å²) in [5.41, 5.74) is 8.15. The molecule has 0 aliphatic heterocycles. The SMILES string of the molecule is CN(Cc1ccc(N)cc1)C(=O)Cc1ccc(F)cc1. The maximum Gasteiger partial charge on any atom is 0.227 e. The number of nitrogens with two attached hydrogens (primary N) is 1.